The summed E-state index contributed by atoms with van der Waals surface area (Å²) in [7, 11) is 0. The van der Waals surface area contributed by atoms with Gasteiger partial charge in [-0.25, -0.2) is 8.78 Å². The lowest BCUT2D eigenvalue weighted by Gasteiger charge is -2.25. The van der Waals surface area contributed by atoms with E-state index in [0.717, 1.165) is 66.6 Å². The van der Waals surface area contributed by atoms with Crippen LogP contribution in [0.1, 0.15) is 73.4 Å². The average Bonchev–Trinajstić information content (AvgIpc) is 2.88. The topological polar surface area (TPSA) is 24.7 Å². The molecule has 0 bridgehead atoms. The Labute approximate surface area is 207 Å². The summed E-state index contributed by atoms with van der Waals surface area (Å²) in [5.41, 5.74) is 5.81. The molecule has 4 heteroatoms. The third-order valence-electron chi connectivity index (χ3n) is 6.84. The Morgan fingerprint density at radius 3 is 2.34 bits per heavy atom. The van der Waals surface area contributed by atoms with E-state index in [1.807, 2.05) is 49.4 Å². The molecule has 1 atom stereocenters. The van der Waals surface area contributed by atoms with Gasteiger partial charge in [0.05, 0.1) is 16.9 Å². The SMILES string of the molecule is CCCC1CCc2c(cc(F)c(C#Cc3ccc(N=Nc4ccc(CC)cc4)cc3CC)c2F)C1. The smallest absolute Gasteiger partial charge is 0.145 e. The van der Waals surface area contributed by atoms with E-state index in [-0.39, 0.29) is 5.56 Å². The molecule has 0 amide bonds. The maximum absolute atomic E-state index is 15.2. The van der Waals surface area contributed by atoms with Gasteiger partial charge in [-0.1, -0.05) is 57.6 Å². The summed E-state index contributed by atoms with van der Waals surface area (Å²) in [6.45, 7) is 6.29. The Hall–Kier alpha value is -3.32. The number of nitrogens with zero attached hydrogens (tertiary/aromatic N) is 2. The van der Waals surface area contributed by atoms with E-state index in [9.17, 15) is 4.39 Å². The van der Waals surface area contributed by atoms with Gasteiger partial charge < -0.3 is 0 Å². The van der Waals surface area contributed by atoms with Crippen molar-refractivity contribution in [3.8, 4) is 11.8 Å². The molecule has 35 heavy (non-hydrogen) atoms. The summed E-state index contributed by atoms with van der Waals surface area (Å²) in [4.78, 5) is 0. The lowest BCUT2D eigenvalue weighted by molar-refractivity contribution is 0.411. The van der Waals surface area contributed by atoms with Gasteiger partial charge in [-0.3, -0.25) is 0 Å². The van der Waals surface area contributed by atoms with Crippen molar-refractivity contribution in [2.45, 2.75) is 65.7 Å². The molecular formula is C31H32F2N2. The second kappa shape index (κ2) is 11.4. The monoisotopic (exact) mass is 470 g/mol. The maximum Gasteiger partial charge on any atom is 0.145 e. The van der Waals surface area contributed by atoms with E-state index >= 15 is 4.39 Å². The first-order valence-corrected chi connectivity index (χ1v) is 12.7. The Morgan fingerprint density at radius 1 is 0.886 bits per heavy atom. The molecule has 3 aromatic carbocycles. The van der Waals surface area contributed by atoms with E-state index < -0.39 is 11.6 Å². The van der Waals surface area contributed by atoms with Crippen molar-refractivity contribution in [1.82, 2.24) is 0 Å². The van der Waals surface area contributed by atoms with Gasteiger partial charge in [-0.05, 0) is 96.7 Å². The molecule has 0 saturated heterocycles. The quantitative estimate of drug-likeness (QED) is 0.254. The first kappa shape index (κ1) is 24.8. The first-order chi connectivity index (χ1) is 17.0. The number of benzene rings is 3. The summed E-state index contributed by atoms with van der Waals surface area (Å²) in [6.07, 6.45) is 6.27. The highest BCUT2D eigenvalue weighted by Gasteiger charge is 2.24. The van der Waals surface area contributed by atoms with Crippen LogP contribution in [0, 0.1) is 29.4 Å². The van der Waals surface area contributed by atoms with Crippen LogP contribution in [0.2, 0.25) is 0 Å². The Balaban J connectivity index is 1.57. The van der Waals surface area contributed by atoms with Gasteiger partial charge in [0.15, 0.2) is 0 Å². The summed E-state index contributed by atoms with van der Waals surface area (Å²) in [6, 6.07) is 15.1. The van der Waals surface area contributed by atoms with Crippen LogP contribution in [0.3, 0.4) is 0 Å². The van der Waals surface area contributed by atoms with Crippen molar-refractivity contribution in [2.24, 2.45) is 16.1 Å². The van der Waals surface area contributed by atoms with Crippen LogP contribution in [0.4, 0.5) is 20.2 Å². The number of halogens is 2. The summed E-state index contributed by atoms with van der Waals surface area (Å²) in [5.74, 6) is 5.27. The van der Waals surface area contributed by atoms with Gasteiger partial charge in [-0.2, -0.15) is 10.2 Å². The molecule has 3 aromatic rings. The molecule has 1 unspecified atom stereocenters. The largest absolute Gasteiger partial charge is 0.206 e. The van der Waals surface area contributed by atoms with E-state index in [0.29, 0.717) is 17.9 Å². The number of rotatable bonds is 6. The van der Waals surface area contributed by atoms with Crippen molar-refractivity contribution < 1.29 is 8.78 Å². The van der Waals surface area contributed by atoms with Crippen molar-refractivity contribution >= 4 is 11.4 Å². The Kier molecular flexibility index (Phi) is 8.08. The zero-order valence-corrected chi connectivity index (χ0v) is 20.8. The summed E-state index contributed by atoms with van der Waals surface area (Å²) in [5, 5.41) is 8.67. The molecule has 180 valence electrons. The molecule has 0 radical (unpaired) electrons. The minimum absolute atomic E-state index is 0.126. The molecule has 0 fully saturated rings. The maximum atomic E-state index is 15.2. The van der Waals surface area contributed by atoms with Crippen LogP contribution < -0.4 is 0 Å². The molecule has 0 aliphatic heterocycles. The van der Waals surface area contributed by atoms with Gasteiger partial charge in [0.2, 0.25) is 0 Å². The fraction of sp³-hybridized carbons (Fsp3) is 0.355. The number of fused-ring (bicyclic) bond motifs is 1. The average molecular weight is 471 g/mol. The lowest BCUT2D eigenvalue weighted by Crippen LogP contribution is -2.17. The minimum atomic E-state index is -0.566. The minimum Gasteiger partial charge on any atom is -0.206 e. The Bertz CT molecular complexity index is 1280. The molecule has 0 heterocycles. The third-order valence-corrected chi connectivity index (χ3v) is 6.84. The molecule has 1 aliphatic rings. The van der Waals surface area contributed by atoms with Crippen LogP contribution in [0.5, 0.6) is 0 Å². The van der Waals surface area contributed by atoms with Crippen LogP contribution >= 0.6 is 0 Å². The van der Waals surface area contributed by atoms with Gasteiger partial charge in [0.25, 0.3) is 0 Å². The molecule has 1 aliphatic carbocycles. The van der Waals surface area contributed by atoms with Gasteiger partial charge >= 0.3 is 0 Å². The highest BCUT2D eigenvalue weighted by Crippen LogP contribution is 2.32. The second-order valence-corrected chi connectivity index (χ2v) is 9.25. The molecule has 0 spiro atoms. The zero-order valence-electron chi connectivity index (χ0n) is 20.8. The van der Waals surface area contributed by atoms with E-state index in [1.165, 1.54) is 11.6 Å². The van der Waals surface area contributed by atoms with Gasteiger partial charge in [0, 0.05) is 5.56 Å². The van der Waals surface area contributed by atoms with Crippen LogP contribution in [0.25, 0.3) is 0 Å². The van der Waals surface area contributed by atoms with Crippen molar-refractivity contribution in [2.75, 3.05) is 0 Å². The molecule has 2 nitrogen and oxygen atoms in total. The standard InChI is InChI=1S/C31H32F2N2/c1-4-7-22-10-16-28-25(18-22)20-30(32)29(31(28)33)17-12-24-11-15-27(19-23(24)6-3)35-34-26-13-8-21(5-2)9-14-26/h8-9,11,13-15,19-20,22H,4-7,10,16,18H2,1-3H3. The number of azo groups is 1. The van der Waals surface area contributed by atoms with Crippen LogP contribution in [-0.4, -0.2) is 0 Å². The third kappa shape index (κ3) is 5.85. The highest BCUT2D eigenvalue weighted by atomic mass is 19.1. The van der Waals surface area contributed by atoms with Crippen molar-refractivity contribution in [1.29, 1.82) is 0 Å². The summed E-state index contributed by atoms with van der Waals surface area (Å²) < 4.78 is 30.1. The summed E-state index contributed by atoms with van der Waals surface area (Å²) >= 11 is 0. The molecule has 4 rings (SSSR count). The predicted octanol–water partition coefficient (Wildman–Crippen LogP) is 8.81. The Morgan fingerprint density at radius 2 is 1.63 bits per heavy atom. The van der Waals surface area contributed by atoms with E-state index in [1.54, 1.807) is 0 Å². The normalized spacial score (nSPS) is 15.1. The number of aryl methyl sites for hydroxylation is 2. The lowest BCUT2D eigenvalue weighted by atomic mass is 9.81. The molecule has 0 saturated carbocycles. The fourth-order valence-electron chi connectivity index (χ4n) is 4.79. The molecular weight excluding hydrogens is 438 g/mol. The van der Waals surface area contributed by atoms with Crippen molar-refractivity contribution in [3.05, 3.63) is 93.5 Å². The second-order valence-electron chi connectivity index (χ2n) is 9.25. The van der Waals surface area contributed by atoms with Gasteiger partial charge in [-0.15, -0.1) is 0 Å². The number of hydrogen-bond donors (Lipinski definition) is 0. The van der Waals surface area contributed by atoms with Crippen LogP contribution in [-0.2, 0) is 25.7 Å². The van der Waals surface area contributed by atoms with Crippen LogP contribution in [0.15, 0.2) is 58.8 Å². The zero-order chi connectivity index (χ0) is 24.8. The fourth-order valence-corrected chi connectivity index (χ4v) is 4.79. The first-order valence-electron chi connectivity index (χ1n) is 12.7. The molecule has 0 aromatic heterocycles. The predicted molar refractivity (Wildman–Crippen MR) is 139 cm³/mol. The van der Waals surface area contributed by atoms with E-state index in [4.69, 9.17) is 0 Å². The van der Waals surface area contributed by atoms with E-state index in [2.05, 4.69) is 35.9 Å². The molecule has 0 N–H and O–H groups in total. The van der Waals surface area contributed by atoms with Gasteiger partial charge in [0.1, 0.15) is 11.6 Å². The number of hydrogen-bond acceptors (Lipinski definition) is 2. The van der Waals surface area contributed by atoms with Crippen molar-refractivity contribution in [3.63, 3.8) is 0 Å². The highest BCUT2D eigenvalue weighted by molar-refractivity contribution is 5.54.